The molecule has 2 heteroatoms. The fourth-order valence-corrected chi connectivity index (χ4v) is 4.64. The van der Waals surface area contributed by atoms with Crippen molar-refractivity contribution in [1.29, 1.82) is 0 Å². The van der Waals surface area contributed by atoms with Crippen LogP contribution in [0.1, 0.15) is 38.5 Å². The fraction of sp³-hybridized carbons (Fsp3) is 1.00. The average Bonchev–Trinajstić information content (AvgIpc) is 2.06. The summed E-state index contributed by atoms with van der Waals surface area (Å²) in [6, 6.07) is 3.06. The van der Waals surface area contributed by atoms with Crippen molar-refractivity contribution < 1.29 is 0 Å². The maximum absolute atomic E-state index is 2.49. The highest BCUT2D eigenvalue weighted by atomic mass is 28.3. The van der Waals surface area contributed by atoms with E-state index in [-0.39, 0.29) is 0 Å². The first-order valence-corrected chi connectivity index (χ1v) is 14.6. The third-order valence-corrected chi connectivity index (χ3v) is 6.81. The molecule has 0 spiro atoms. The summed E-state index contributed by atoms with van der Waals surface area (Å²) in [7, 11) is -1.50. The minimum absolute atomic E-state index is 0.752. The van der Waals surface area contributed by atoms with Crippen molar-refractivity contribution in [3.8, 4) is 0 Å². The molecule has 0 aromatic rings. The van der Waals surface area contributed by atoms with Gasteiger partial charge in [0.05, 0.1) is 0 Å². The molecule has 0 bridgehead atoms. The Balaban J connectivity index is 3.17. The van der Waals surface area contributed by atoms with Crippen LogP contribution in [0.15, 0.2) is 0 Å². The van der Waals surface area contributed by atoms with Gasteiger partial charge in [-0.25, -0.2) is 0 Å². The maximum atomic E-state index is 2.49. The Hall–Kier alpha value is 0.434. The van der Waals surface area contributed by atoms with E-state index in [1.807, 2.05) is 0 Å². The molecular formula is C14H34Si2. The van der Waals surface area contributed by atoms with Crippen LogP contribution in [-0.4, -0.2) is 16.1 Å². The zero-order valence-electron chi connectivity index (χ0n) is 12.7. The Bertz CT molecular complexity index is 143. The standard InChI is InChI=1S/C14H34Si2/c1-15(2,3)13-11-9-7-8-10-12-14-16(4,5)6/h7-14H2,1-6H3. The van der Waals surface area contributed by atoms with Crippen molar-refractivity contribution in [3.63, 3.8) is 0 Å². The van der Waals surface area contributed by atoms with Crippen LogP contribution in [0.2, 0.25) is 51.4 Å². The van der Waals surface area contributed by atoms with E-state index >= 15 is 0 Å². The number of rotatable bonds is 9. The highest BCUT2D eigenvalue weighted by Crippen LogP contribution is 2.17. The van der Waals surface area contributed by atoms with Gasteiger partial charge in [-0.15, -0.1) is 0 Å². The quantitative estimate of drug-likeness (QED) is 0.351. The molecule has 0 fully saturated rings. The number of hydrogen-bond donors (Lipinski definition) is 0. The normalized spacial score (nSPS) is 13.1. The molecule has 0 rings (SSSR count). The number of hydrogen-bond acceptors (Lipinski definition) is 0. The molecule has 0 aromatic carbocycles. The van der Waals surface area contributed by atoms with Gasteiger partial charge in [0, 0.05) is 16.1 Å². The third kappa shape index (κ3) is 14.4. The van der Waals surface area contributed by atoms with Crippen molar-refractivity contribution in [1.82, 2.24) is 0 Å². The molecule has 0 aliphatic heterocycles. The summed E-state index contributed by atoms with van der Waals surface area (Å²) in [6.45, 7) is 14.9. The lowest BCUT2D eigenvalue weighted by Gasteiger charge is -2.16. The van der Waals surface area contributed by atoms with E-state index in [1.54, 1.807) is 0 Å². The van der Waals surface area contributed by atoms with Crippen LogP contribution in [0, 0.1) is 0 Å². The van der Waals surface area contributed by atoms with Crippen LogP contribution in [0.3, 0.4) is 0 Å². The van der Waals surface area contributed by atoms with E-state index < -0.39 is 16.1 Å². The smallest absolute Gasteiger partial charge is 0.0442 e. The predicted molar refractivity (Wildman–Crippen MR) is 84.0 cm³/mol. The van der Waals surface area contributed by atoms with Gasteiger partial charge in [0.2, 0.25) is 0 Å². The highest BCUT2D eigenvalue weighted by Gasteiger charge is 2.12. The summed E-state index contributed by atoms with van der Waals surface area (Å²) < 4.78 is 0. The first-order valence-electron chi connectivity index (χ1n) is 7.21. The van der Waals surface area contributed by atoms with Gasteiger partial charge in [0.25, 0.3) is 0 Å². The van der Waals surface area contributed by atoms with Gasteiger partial charge >= 0.3 is 0 Å². The third-order valence-electron chi connectivity index (χ3n) is 3.10. The SMILES string of the molecule is C[Si](C)(C)CCCCCCCC[Si](C)(C)C. The zero-order chi connectivity index (χ0) is 12.7. The molecule has 0 aliphatic carbocycles. The minimum Gasteiger partial charge on any atom is -0.0695 e. The van der Waals surface area contributed by atoms with E-state index in [4.69, 9.17) is 0 Å². The molecule has 0 aliphatic rings. The summed E-state index contributed by atoms with van der Waals surface area (Å²) in [5.41, 5.74) is 0. The van der Waals surface area contributed by atoms with E-state index in [0.29, 0.717) is 0 Å². The van der Waals surface area contributed by atoms with Crippen molar-refractivity contribution >= 4 is 16.1 Å². The van der Waals surface area contributed by atoms with E-state index in [2.05, 4.69) is 39.3 Å². The molecule has 0 atom stereocenters. The Morgan fingerprint density at radius 1 is 0.438 bits per heavy atom. The Kier molecular flexibility index (Phi) is 7.91. The van der Waals surface area contributed by atoms with Crippen molar-refractivity contribution in [2.45, 2.75) is 89.9 Å². The molecule has 0 heterocycles. The first-order chi connectivity index (χ1) is 7.21. The van der Waals surface area contributed by atoms with E-state index in [0.717, 1.165) is 0 Å². The first kappa shape index (κ1) is 16.4. The Morgan fingerprint density at radius 3 is 0.938 bits per heavy atom. The number of unbranched alkanes of at least 4 members (excludes halogenated alkanes) is 5. The molecule has 16 heavy (non-hydrogen) atoms. The monoisotopic (exact) mass is 258 g/mol. The zero-order valence-corrected chi connectivity index (χ0v) is 14.7. The van der Waals surface area contributed by atoms with E-state index in [9.17, 15) is 0 Å². The predicted octanol–water partition coefficient (Wildman–Crippen LogP) is 6.00. The average molecular weight is 259 g/mol. The van der Waals surface area contributed by atoms with Crippen LogP contribution < -0.4 is 0 Å². The minimum atomic E-state index is -0.752. The molecule has 0 saturated carbocycles. The second-order valence-electron chi connectivity index (χ2n) is 7.74. The van der Waals surface area contributed by atoms with Crippen molar-refractivity contribution in [2.75, 3.05) is 0 Å². The lowest BCUT2D eigenvalue weighted by atomic mass is 10.1. The van der Waals surface area contributed by atoms with Crippen LogP contribution in [-0.2, 0) is 0 Å². The van der Waals surface area contributed by atoms with Gasteiger partial charge in [-0.1, -0.05) is 89.9 Å². The molecule has 0 aromatic heterocycles. The van der Waals surface area contributed by atoms with Crippen molar-refractivity contribution in [2.24, 2.45) is 0 Å². The molecule has 0 N–H and O–H groups in total. The summed E-state index contributed by atoms with van der Waals surface area (Å²) in [5, 5.41) is 0. The second-order valence-corrected chi connectivity index (χ2v) is 19.0. The summed E-state index contributed by atoms with van der Waals surface area (Å²) >= 11 is 0. The molecule has 0 saturated heterocycles. The summed E-state index contributed by atoms with van der Waals surface area (Å²) in [4.78, 5) is 0. The molecule has 0 nitrogen and oxygen atoms in total. The van der Waals surface area contributed by atoms with Gasteiger partial charge in [0.1, 0.15) is 0 Å². The molecule has 0 radical (unpaired) electrons. The van der Waals surface area contributed by atoms with Gasteiger partial charge in [-0.2, -0.15) is 0 Å². The molecular weight excluding hydrogens is 224 g/mol. The summed E-state index contributed by atoms with van der Waals surface area (Å²) in [6.07, 6.45) is 8.91. The van der Waals surface area contributed by atoms with Gasteiger partial charge in [-0.3, -0.25) is 0 Å². The second kappa shape index (κ2) is 7.70. The lowest BCUT2D eigenvalue weighted by molar-refractivity contribution is 0.620. The summed E-state index contributed by atoms with van der Waals surface area (Å²) in [5.74, 6) is 0. The Labute approximate surface area is 106 Å². The maximum Gasteiger partial charge on any atom is 0.0442 e. The molecule has 0 amide bonds. The largest absolute Gasteiger partial charge is 0.0695 e. The van der Waals surface area contributed by atoms with Gasteiger partial charge in [-0.05, 0) is 0 Å². The van der Waals surface area contributed by atoms with Crippen LogP contribution in [0.25, 0.3) is 0 Å². The van der Waals surface area contributed by atoms with Gasteiger partial charge in [0.15, 0.2) is 0 Å². The van der Waals surface area contributed by atoms with Crippen molar-refractivity contribution in [3.05, 3.63) is 0 Å². The van der Waals surface area contributed by atoms with Gasteiger partial charge < -0.3 is 0 Å². The van der Waals surface area contributed by atoms with Crippen LogP contribution >= 0.6 is 0 Å². The van der Waals surface area contributed by atoms with E-state index in [1.165, 1.54) is 50.6 Å². The molecule has 98 valence electrons. The van der Waals surface area contributed by atoms with Crippen LogP contribution in [0.4, 0.5) is 0 Å². The highest BCUT2D eigenvalue weighted by molar-refractivity contribution is 6.76. The lowest BCUT2D eigenvalue weighted by Crippen LogP contribution is -2.18. The Morgan fingerprint density at radius 2 is 0.688 bits per heavy atom. The fourth-order valence-electron chi connectivity index (χ4n) is 2.02. The topological polar surface area (TPSA) is 0 Å². The molecule has 0 unspecified atom stereocenters. The van der Waals surface area contributed by atoms with Crippen LogP contribution in [0.5, 0.6) is 0 Å².